The molecule has 2 rings (SSSR count). The Morgan fingerprint density at radius 3 is 1.34 bits per heavy atom. The first-order valence-corrected chi connectivity index (χ1v) is 31.2. The summed E-state index contributed by atoms with van der Waals surface area (Å²) in [6.07, 6.45) is 1.11. The van der Waals surface area contributed by atoms with Crippen LogP contribution in [0, 0.1) is 47.3 Å². The maximum atomic E-state index is 15.3. The van der Waals surface area contributed by atoms with Gasteiger partial charge < -0.3 is 55.0 Å². The number of ketones is 1. The van der Waals surface area contributed by atoms with Crippen molar-refractivity contribution < 1.29 is 57.5 Å². The van der Waals surface area contributed by atoms with Crippen molar-refractivity contribution in [2.75, 3.05) is 55.9 Å². The van der Waals surface area contributed by atoms with Gasteiger partial charge in [0.15, 0.2) is 5.78 Å². The third-order valence-electron chi connectivity index (χ3n) is 17.2. The van der Waals surface area contributed by atoms with Crippen molar-refractivity contribution in [1.29, 1.82) is 0 Å². The first-order chi connectivity index (χ1) is 39.3. The van der Waals surface area contributed by atoms with Crippen LogP contribution in [0.3, 0.4) is 0 Å². The van der Waals surface area contributed by atoms with Gasteiger partial charge in [0.1, 0.15) is 54.4 Å². The van der Waals surface area contributed by atoms with Gasteiger partial charge >= 0.3 is 0 Å². The van der Waals surface area contributed by atoms with E-state index < -0.39 is 149 Å². The number of carbonyl (C=O) groups is 11. The average molecular weight is 1200 g/mol. The monoisotopic (exact) mass is 1200 g/mol. The second kappa shape index (κ2) is 33.5. The summed E-state index contributed by atoms with van der Waals surface area (Å²) >= 11 is 0. The van der Waals surface area contributed by atoms with Gasteiger partial charge in [0.25, 0.3) is 0 Å². The van der Waals surface area contributed by atoms with Gasteiger partial charge in [-0.25, -0.2) is 0 Å². The highest BCUT2D eigenvalue weighted by molar-refractivity contribution is 6.00. The average Bonchev–Trinajstić information content (AvgIpc) is 2.98. The fourth-order valence-electron chi connectivity index (χ4n) is 11.7. The van der Waals surface area contributed by atoms with E-state index in [1.165, 1.54) is 97.5 Å². The van der Waals surface area contributed by atoms with Crippen molar-refractivity contribution in [3.63, 3.8) is 0 Å². The van der Waals surface area contributed by atoms with Crippen LogP contribution in [-0.4, -0.2) is 222 Å². The molecule has 22 nitrogen and oxygen atoms in total. The number of nitrogens with one attached hydrogen (secondary N) is 3. The second-order valence-corrected chi connectivity index (χ2v) is 27.0. The molecule has 85 heavy (non-hydrogen) atoms. The minimum absolute atomic E-state index is 0.0851. The van der Waals surface area contributed by atoms with Crippen LogP contribution in [0.1, 0.15) is 169 Å². The predicted molar refractivity (Wildman–Crippen MR) is 328 cm³/mol. The molecule has 2 heterocycles. The molecule has 0 spiro atoms. The summed E-state index contributed by atoms with van der Waals surface area (Å²) < 4.78 is 6.30. The first kappa shape index (κ1) is 75.4. The lowest BCUT2D eigenvalue weighted by Crippen LogP contribution is -2.64. The first-order valence-electron chi connectivity index (χ1n) is 31.2. The predicted octanol–water partition coefficient (Wildman–Crippen LogP) is 4.60. The highest BCUT2D eigenvalue weighted by atomic mass is 16.5. The molecule has 2 saturated heterocycles. The maximum absolute atomic E-state index is 15.3. The Morgan fingerprint density at radius 1 is 0.459 bits per heavy atom. The number of nitrogens with zero attached hydrogens (tertiary/aromatic N) is 7. The summed E-state index contributed by atoms with van der Waals surface area (Å²) in [7, 11) is 10.3. The lowest BCUT2D eigenvalue weighted by molar-refractivity contribution is -0.160. The number of Topliss-reactive ketones (excluding diaryl/α,β-unsaturated/α-hetero) is 1. The smallest absolute Gasteiger partial charge is 0.246 e. The van der Waals surface area contributed by atoms with Crippen molar-refractivity contribution in [3.05, 3.63) is 0 Å². The largest absolute Gasteiger partial charge is 0.375 e. The van der Waals surface area contributed by atoms with Gasteiger partial charge in [0.2, 0.25) is 59.1 Å². The van der Waals surface area contributed by atoms with Crippen LogP contribution < -0.4 is 16.0 Å². The molecule has 13 atom stereocenters. The topological polar surface area (TPSA) is 256 Å². The molecular weight excluding hydrogens is 1090 g/mol. The summed E-state index contributed by atoms with van der Waals surface area (Å²) in [6.45, 7) is 30.7. The number of rotatable bonds is 12. The van der Waals surface area contributed by atoms with E-state index in [4.69, 9.17) is 4.74 Å². The maximum Gasteiger partial charge on any atom is 0.246 e. The molecule has 0 aromatic rings. The lowest BCUT2D eigenvalue weighted by atomic mass is 9.89. The van der Waals surface area contributed by atoms with E-state index in [2.05, 4.69) is 16.0 Å². The molecule has 2 aliphatic rings. The minimum Gasteiger partial charge on any atom is -0.375 e. The fourth-order valence-corrected chi connectivity index (χ4v) is 11.7. The SMILES string of the molecule is CC[C@H]1NC(=O)[C@@H]([C@@H]2OCCC[C@H]2C)N(C)C(=O)[C@@H](C(C)C)N(C)C(=O)[C@@H](CC(C)C)N(C)C(=O)[C@H](CC(C)C)N(C)C(=O)[C@H](C)CC(=O)[C@@H](C)NC(=O)[C@@H](CC(C)C)N(C)C(=O)[C@@H](C(C)C)NC(=O)[C@H](CC(C)C)N(C)C(=O)[C@@H](C)N(C)C1=O. The number of carbonyl (C=O) groups excluding carboxylic acids is 11. The van der Waals surface area contributed by atoms with Crippen molar-refractivity contribution in [1.82, 2.24) is 50.2 Å². The van der Waals surface area contributed by atoms with Crippen LogP contribution in [0.4, 0.5) is 0 Å². The van der Waals surface area contributed by atoms with Crippen LogP contribution in [-0.2, 0) is 57.5 Å². The van der Waals surface area contributed by atoms with E-state index in [0.29, 0.717) is 19.4 Å². The third kappa shape index (κ3) is 19.9. The molecule has 0 saturated carbocycles. The van der Waals surface area contributed by atoms with Crippen LogP contribution in [0.5, 0.6) is 0 Å². The van der Waals surface area contributed by atoms with Crippen LogP contribution in [0.2, 0.25) is 0 Å². The molecule has 0 aromatic carbocycles. The standard InChI is InChI=1S/C63H112N10O12/c1-25-44-59(80)67(18)43(17)58(79)68(19)46(30-35(4)5)55(76)66-50(38(10)11)62(83)69(20)45(29-34(2)3)54(75)64-42(16)49(74)33-41(15)57(78)70(21)47(31-36(6)7)60(81)71(22)48(32-37(8)9)61(82)72(23)51(39(12)13)63(84)73(24)52(56(77)65-44)53-40(14)27-26-28-85-53/h34-48,50-53H,25-33H2,1-24H3,(H,64,75)(H,65,77)(H,66,76)/t40-,41-,42-,43-,44-,45-,46+,47+,48-,50-,51-,52-,53-/m1/s1. The highest BCUT2D eigenvalue weighted by Crippen LogP contribution is 2.29. The Morgan fingerprint density at radius 2 is 0.894 bits per heavy atom. The van der Waals surface area contributed by atoms with Gasteiger partial charge in [0.05, 0.1) is 12.1 Å². The number of ether oxygens (including phenoxy) is 1. The summed E-state index contributed by atoms with van der Waals surface area (Å²) in [5.41, 5.74) is 0. The van der Waals surface area contributed by atoms with Crippen molar-refractivity contribution in [2.45, 2.75) is 236 Å². The molecule has 486 valence electrons. The zero-order valence-electron chi connectivity index (χ0n) is 56.4. The molecule has 22 heteroatoms. The molecular formula is C63H112N10O12. The summed E-state index contributed by atoms with van der Waals surface area (Å²) in [5, 5.41) is 8.57. The van der Waals surface area contributed by atoms with Gasteiger partial charge in [-0.3, -0.25) is 52.7 Å². The summed E-state index contributed by atoms with van der Waals surface area (Å²) in [6, 6.07) is -11.5. The summed E-state index contributed by atoms with van der Waals surface area (Å²) in [5.74, 6) is -9.03. The molecule has 0 unspecified atom stereocenters. The molecule has 0 aromatic heterocycles. The van der Waals surface area contributed by atoms with Crippen molar-refractivity contribution in [2.24, 2.45) is 47.3 Å². The molecule has 10 amide bonds. The van der Waals surface area contributed by atoms with Crippen LogP contribution >= 0.6 is 0 Å². The van der Waals surface area contributed by atoms with Crippen LogP contribution in [0.15, 0.2) is 0 Å². The normalized spacial score (nSPS) is 29.8. The molecule has 2 fully saturated rings. The van der Waals surface area contributed by atoms with Crippen molar-refractivity contribution in [3.8, 4) is 0 Å². The van der Waals surface area contributed by atoms with E-state index in [9.17, 15) is 33.6 Å². The third-order valence-corrected chi connectivity index (χ3v) is 17.2. The van der Waals surface area contributed by atoms with Gasteiger partial charge in [-0.2, -0.15) is 0 Å². The summed E-state index contributed by atoms with van der Waals surface area (Å²) in [4.78, 5) is 171. The number of likely N-dealkylation sites (N-methyl/N-ethyl adjacent to an activating group) is 7. The van der Waals surface area contributed by atoms with E-state index >= 15 is 19.2 Å². The van der Waals surface area contributed by atoms with E-state index in [0.717, 1.165) is 0 Å². The molecule has 0 bridgehead atoms. The minimum atomic E-state index is -1.29. The Bertz CT molecular complexity index is 2330. The van der Waals surface area contributed by atoms with Gasteiger partial charge in [-0.05, 0) is 100 Å². The van der Waals surface area contributed by atoms with Gasteiger partial charge in [0, 0.05) is 68.3 Å². The van der Waals surface area contributed by atoms with E-state index in [1.54, 1.807) is 41.5 Å². The van der Waals surface area contributed by atoms with Gasteiger partial charge in [-0.1, -0.05) is 104 Å². The van der Waals surface area contributed by atoms with E-state index in [1.807, 2.05) is 62.3 Å². The lowest BCUT2D eigenvalue weighted by Gasteiger charge is -2.43. The van der Waals surface area contributed by atoms with Crippen LogP contribution in [0.25, 0.3) is 0 Å². The quantitative estimate of drug-likeness (QED) is 0.243. The number of hydrogen-bond donors (Lipinski definition) is 3. The van der Waals surface area contributed by atoms with Crippen molar-refractivity contribution >= 4 is 64.9 Å². The molecule has 2 aliphatic heterocycles. The Labute approximate surface area is 509 Å². The zero-order valence-corrected chi connectivity index (χ0v) is 56.4. The molecule has 3 N–H and O–H groups in total. The fraction of sp³-hybridized carbons (Fsp3) is 0.825. The Hall–Kier alpha value is -5.67. The zero-order chi connectivity index (χ0) is 65.6. The number of hydrogen-bond acceptors (Lipinski definition) is 12. The van der Waals surface area contributed by atoms with E-state index in [-0.39, 0.29) is 68.1 Å². The Balaban J connectivity index is 2.97. The second-order valence-electron chi connectivity index (χ2n) is 27.0. The Kier molecular flexibility index (Phi) is 29.7. The number of amides is 10. The molecule has 0 radical (unpaired) electrons. The highest BCUT2D eigenvalue weighted by Gasteiger charge is 2.47. The van der Waals surface area contributed by atoms with Gasteiger partial charge in [-0.15, -0.1) is 0 Å². The molecule has 0 aliphatic carbocycles.